The number of carbonyl (C=O) groups excluding carboxylic acids is 1. The molecule has 2 N–H and O–H groups in total. The maximum Gasteiger partial charge on any atom is 0.326 e. The average molecular weight is 379 g/mol. The van der Waals surface area contributed by atoms with E-state index >= 15 is 0 Å². The molecule has 9 heteroatoms. The van der Waals surface area contributed by atoms with Gasteiger partial charge >= 0.3 is 5.97 Å². The van der Waals surface area contributed by atoms with Crippen LogP contribution in [0.4, 0.5) is 0 Å². The van der Waals surface area contributed by atoms with Crippen molar-refractivity contribution in [1.29, 1.82) is 0 Å². The third kappa shape index (κ3) is 2.96. The summed E-state index contributed by atoms with van der Waals surface area (Å²) in [5, 5.41) is 20.1. The molecule has 0 bridgehead atoms. The first-order chi connectivity index (χ1) is 13.5. The molecule has 3 aromatic rings. The number of aromatic amines is 1. The van der Waals surface area contributed by atoms with Crippen molar-refractivity contribution in [2.75, 3.05) is 0 Å². The van der Waals surface area contributed by atoms with Gasteiger partial charge in [-0.1, -0.05) is 24.3 Å². The molecule has 1 atom stereocenters. The Balaban J connectivity index is 1.70. The van der Waals surface area contributed by atoms with E-state index < -0.39 is 17.9 Å². The smallest absolute Gasteiger partial charge is 0.326 e. The summed E-state index contributed by atoms with van der Waals surface area (Å²) in [4.78, 5) is 37.5. The Morgan fingerprint density at radius 2 is 1.93 bits per heavy atom. The topological polar surface area (TPSA) is 121 Å². The van der Waals surface area contributed by atoms with E-state index in [2.05, 4.69) is 15.3 Å². The Bertz CT molecular complexity index is 1110. The number of amides is 1. The lowest BCUT2D eigenvalue weighted by atomic mass is 9.93. The first kappa shape index (κ1) is 17.7. The van der Waals surface area contributed by atoms with Gasteiger partial charge < -0.3 is 10.0 Å². The largest absolute Gasteiger partial charge is 0.480 e. The van der Waals surface area contributed by atoms with Gasteiger partial charge in [0.1, 0.15) is 6.04 Å². The lowest BCUT2D eigenvalue weighted by Gasteiger charge is -2.34. The maximum atomic E-state index is 13.2. The molecular weight excluding hydrogens is 362 g/mol. The summed E-state index contributed by atoms with van der Waals surface area (Å²) >= 11 is 0. The number of hydrogen-bond acceptors (Lipinski definition) is 5. The molecule has 28 heavy (non-hydrogen) atoms. The fourth-order valence-corrected chi connectivity index (χ4v) is 3.42. The van der Waals surface area contributed by atoms with E-state index in [0.717, 1.165) is 11.1 Å². The summed E-state index contributed by atoms with van der Waals surface area (Å²) in [5.41, 5.74) is 2.32. The SMILES string of the molecule is Cc1c(C(=O)N2Cc3ccccc3C[C@@H]2C(=O)O)cnn1-c1ccc(=O)[nH]n1. The number of rotatable bonds is 3. The summed E-state index contributed by atoms with van der Waals surface area (Å²) in [6.07, 6.45) is 1.65. The number of benzene rings is 1. The maximum absolute atomic E-state index is 13.2. The van der Waals surface area contributed by atoms with Crippen LogP contribution in [0.25, 0.3) is 5.82 Å². The predicted octanol–water partition coefficient (Wildman–Crippen LogP) is 0.916. The van der Waals surface area contributed by atoms with E-state index in [-0.39, 0.29) is 18.5 Å². The second-order valence-corrected chi connectivity index (χ2v) is 6.59. The molecule has 3 heterocycles. The molecule has 4 rings (SSSR count). The fraction of sp³-hybridized carbons (Fsp3) is 0.211. The highest BCUT2D eigenvalue weighted by Crippen LogP contribution is 2.26. The van der Waals surface area contributed by atoms with E-state index in [1.54, 1.807) is 6.92 Å². The summed E-state index contributed by atoms with van der Waals surface area (Å²) in [6.45, 7) is 1.91. The predicted molar refractivity (Wildman–Crippen MR) is 98.2 cm³/mol. The standard InChI is InChI=1S/C19H17N5O4/c1-11-14(9-20-24(11)16-6-7-17(25)22-21-16)18(26)23-10-13-5-3-2-4-12(13)8-15(23)19(27)28/h2-7,9,15H,8,10H2,1H3,(H,22,25)(H,27,28)/t15-/m1/s1. The van der Waals surface area contributed by atoms with Crippen LogP contribution >= 0.6 is 0 Å². The van der Waals surface area contributed by atoms with Crippen molar-refractivity contribution in [3.63, 3.8) is 0 Å². The number of nitrogens with one attached hydrogen (secondary N) is 1. The van der Waals surface area contributed by atoms with E-state index in [1.165, 1.54) is 27.9 Å². The minimum Gasteiger partial charge on any atom is -0.480 e. The van der Waals surface area contributed by atoms with E-state index in [0.29, 0.717) is 17.1 Å². The average Bonchev–Trinajstić information content (AvgIpc) is 3.08. The molecule has 1 aliphatic heterocycles. The highest BCUT2D eigenvalue weighted by Gasteiger charge is 2.36. The van der Waals surface area contributed by atoms with Crippen LogP contribution in [-0.4, -0.2) is 47.9 Å². The van der Waals surface area contributed by atoms with Gasteiger partial charge in [-0.05, 0) is 24.1 Å². The van der Waals surface area contributed by atoms with Crippen molar-refractivity contribution in [2.24, 2.45) is 0 Å². The molecule has 0 saturated carbocycles. The molecule has 0 fully saturated rings. The molecular formula is C19H17N5O4. The van der Waals surface area contributed by atoms with E-state index in [1.807, 2.05) is 24.3 Å². The number of carboxylic acid groups (broad SMARTS) is 1. The molecule has 0 radical (unpaired) electrons. The second-order valence-electron chi connectivity index (χ2n) is 6.59. The van der Waals surface area contributed by atoms with Crippen molar-refractivity contribution < 1.29 is 14.7 Å². The van der Waals surface area contributed by atoms with Crippen molar-refractivity contribution in [2.45, 2.75) is 25.9 Å². The van der Waals surface area contributed by atoms with Gasteiger partial charge in [0.05, 0.1) is 17.5 Å². The van der Waals surface area contributed by atoms with Gasteiger partial charge in [0.25, 0.3) is 11.5 Å². The van der Waals surface area contributed by atoms with Gasteiger partial charge in [-0.15, -0.1) is 0 Å². The van der Waals surface area contributed by atoms with Crippen LogP contribution in [0, 0.1) is 6.92 Å². The highest BCUT2D eigenvalue weighted by molar-refractivity contribution is 5.97. The molecule has 0 spiro atoms. The second kappa shape index (κ2) is 6.76. The zero-order chi connectivity index (χ0) is 19.8. The van der Waals surface area contributed by atoms with Gasteiger partial charge in [-0.3, -0.25) is 9.59 Å². The van der Waals surface area contributed by atoms with Gasteiger partial charge in [0.2, 0.25) is 0 Å². The van der Waals surface area contributed by atoms with E-state index in [4.69, 9.17) is 0 Å². The normalized spacial score (nSPS) is 15.9. The molecule has 0 saturated heterocycles. The van der Waals surface area contributed by atoms with Crippen molar-refractivity contribution in [3.05, 3.63) is 75.3 Å². The Labute approximate surface area is 159 Å². The molecule has 1 amide bonds. The van der Waals surface area contributed by atoms with Crippen molar-refractivity contribution in [1.82, 2.24) is 24.9 Å². The third-order valence-electron chi connectivity index (χ3n) is 4.92. The molecule has 0 unspecified atom stereocenters. The third-order valence-corrected chi connectivity index (χ3v) is 4.92. The first-order valence-corrected chi connectivity index (χ1v) is 8.67. The minimum atomic E-state index is -1.05. The molecule has 2 aromatic heterocycles. The lowest BCUT2D eigenvalue weighted by Crippen LogP contribution is -2.48. The van der Waals surface area contributed by atoms with Gasteiger partial charge in [0, 0.05) is 19.0 Å². The van der Waals surface area contributed by atoms with Gasteiger partial charge in [0.15, 0.2) is 5.82 Å². The van der Waals surface area contributed by atoms with Crippen molar-refractivity contribution in [3.8, 4) is 5.82 Å². The Hall–Kier alpha value is -3.75. The van der Waals surface area contributed by atoms with Crippen LogP contribution < -0.4 is 5.56 Å². The fourth-order valence-electron chi connectivity index (χ4n) is 3.42. The number of nitrogens with zero attached hydrogens (tertiary/aromatic N) is 4. The Morgan fingerprint density at radius 3 is 2.61 bits per heavy atom. The summed E-state index contributed by atoms with van der Waals surface area (Å²) < 4.78 is 1.43. The number of carboxylic acids is 1. The minimum absolute atomic E-state index is 0.216. The van der Waals surface area contributed by atoms with Gasteiger partial charge in [-0.25, -0.2) is 14.6 Å². The van der Waals surface area contributed by atoms with E-state index in [9.17, 15) is 19.5 Å². The highest BCUT2D eigenvalue weighted by atomic mass is 16.4. The van der Waals surface area contributed by atoms with Crippen LogP contribution in [0.5, 0.6) is 0 Å². The number of H-pyrrole nitrogens is 1. The summed E-state index contributed by atoms with van der Waals surface area (Å²) in [6, 6.07) is 9.37. The molecule has 142 valence electrons. The quantitative estimate of drug-likeness (QED) is 0.698. The van der Waals surface area contributed by atoms with Crippen LogP contribution in [0.15, 0.2) is 47.4 Å². The number of fused-ring (bicyclic) bond motifs is 1. The van der Waals surface area contributed by atoms with Crippen LogP contribution in [0.2, 0.25) is 0 Å². The number of aromatic nitrogens is 4. The zero-order valence-electron chi connectivity index (χ0n) is 15.0. The first-order valence-electron chi connectivity index (χ1n) is 8.67. The number of aliphatic carboxylic acids is 1. The Morgan fingerprint density at radius 1 is 1.18 bits per heavy atom. The Kier molecular flexibility index (Phi) is 4.26. The summed E-state index contributed by atoms with van der Waals surface area (Å²) in [7, 11) is 0. The van der Waals surface area contributed by atoms with Crippen LogP contribution in [-0.2, 0) is 17.8 Å². The molecule has 1 aliphatic rings. The van der Waals surface area contributed by atoms with Crippen molar-refractivity contribution >= 4 is 11.9 Å². The van der Waals surface area contributed by atoms with Gasteiger partial charge in [-0.2, -0.15) is 10.2 Å². The monoisotopic (exact) mass is 379 g/mol. The lowest BCUT2D eigenvalue weighted by molar-refractivity contribution is -0.142. The molecule has 0 aliphatic carbocycles. The molecule has 9 nitrogen and oxygen atoms in total. The van der Waals surface area contributed by atoms with Crippen LogP contribution in [0.1, 0.15) is 27.2 Å². The summed E-state index contributed by atoms with van der Waals surface area (Å²) in [5.74, 6) is -1.10. The number of carbonyl (C=O) groups is 2. The zero-order valence-corrected chi connectivity index (χ0v) is 15.0. The number of hydrogen-bond donors (Lipinski definition) is 2. The molecule has 1 aromatic carbocycles. The van der Waals surface area contributed by atoms with Crippen LogP contribution in [0.3, 0.4) is 0 Å².